The number of fused-ring (bicyclic) bond motifs is 1. The molecule has 24 heavy (non-hydrogen) atoms. The second-order valence-electron chi connectivity index (χ2n) is 6.33. The lowest BCUT2D eigenvalue weighted by Crippen LogP contribution is -2.30. The van der Waals surface area contributed by atoms with Crippen molar-refractivity contribution in [3.8, 4) is 0 Å². The molecule has 0 radical (unpaired) electrons. The Hall–Kier alpha value is -1.99. The Morgan fingerprint density at radius 2 is 2.42 bits per heavy atom. The van der Waals surface area contributed by atoms with E-state index < -0.39 is 0 Å². The van der Waals surface area contributed by atoms with Crippen molar-refractivity contribution < 1.29 is 14.1 Å². The van der Waals surface area contributed by atoms with Crippen molar-refractivity contribution in [3.63, 3.8) is 0 Å². The fraction of sp³-hybridized carbons (Fsp3) is 0.471. The van der Waals surface area contributed by atoms with Crippen LogP contribution in [0.15, 0.2) is 28.1 Å². The average molecular weight is 345 g/mol. The topological polar surface area (TPSA) is 68.5 Å². The van der Waals surface area contributed by atoms with E-state index in [1.165, 1.54) is 0 Å². The number of likely N-dealkylation sites (tertiary alicyclic amines) is 1. The van der Waals surface area contributed by atoms with Crippen LogP contribution >= 0.6 is 11.3 Å². The Morgan fingerprint density at radius 3 is 3.17 bits per heavy atom. The molecule has 1 amide bonds. The van der Waals surface area contributed by atoms with Crippen LogP contribution < -0.4 is 0 Å². The van der Waals surface area contributed by atoms with E-state index in [2.05, 4.69) is 10.1 Å². The normalized spacial score (nSPS) is 26.4. The minimum atomic E-state index is 0.0498. The molecule has 2 aliphatic heterocycles. The molecule has 2 saturated heterocycles. The molecule has 7 heteroatoms. The van der Waals surface area contributed by atoms with Gasteiger partial charge in [0, 0.05) is 36.4 Å². The molecule has 2 aromatic heterocycles. The SMILES string of the molecule is Cc1noc(C[C@@H]2CO[C@H]3CN(C(=O)/C=C/c4cccs4)C[C@@H]23)n1. The van der Waals surface area contributed by atoms with Crippen molar-refractivity contribution in [2.24, 2.45) is 11.8 Å². The second kappa shape index (κ2) is 6.49. The highest BCUT2D eigenvalue weighted by Gasteiger charge is 2.45. The van der Waals surface area contributed by atoms with Gasteiger partial charge >= 0.3 is 0 Å². The zero-order chi connectivity index (χ0) is 16.5. The van der Waals surface area contributed by atoms with Crippen LogP contribution in [0.5, 0.6) is 0 Å². The van der Waals surface area contributed by atoms with Crippen molar-refractivity contribution in [1.29, 1.82) is 0 Å². The summed E-state index contributed by atoms with van der Waals surface area (Å²) in [7, 11) is 0. The number of carbonyl (C=O) groups excluding carboxylic acids is 1. The first-order valence-electron chi connectivity index (χ1n) is 8.10. The molecule has 2 aromatic rings. The summed E-state index contributed by atoms with van der Waals surface area (Å²) in [5.74, 6) is 2.03. The number of amides is 1. The molecule has 6 nitrogen and oxygen atoms in total. The van der Waals surface area contributed by atoms with E-state index in [0.29, 0.717) is 36.7 Å². The Morgan fingerprint density at radius 1 is 1.50 bits per heavy atom. The number of thiophene rings is 1. The first kappa shape index (κ1) is 15.5. The highest BCUT2D eigenvalue weighted by atomic mass is 32.1. The first-order chi connectivity index (χ1) is 11.7. The minimum absolute atomic E-state index is 0.0498. The van der Waals surface area contributed by atoms with E-state index in [1.54, 1.807) is 17.4 Å². The zero-order valence-corrected chi connectivity index (χ0v) is 14.2. The quantitative estimate of drug-likeness (QED) is 0.795. The molecule has 2 aliphatic rings. The molecule has 0 aromatic carbocycles. The van der Waals surface area contributed by atoms with Crippen molar-refractivity contribution in [1.82, 2.24) is 15.0 Å². The summed E-state index contributed by atoms with van der Waals surface area (Å²) in [4.78, 5) is 19.6. The van der Waals surface area contributed by atoms with Crippen LogP contribution in [-0.2, 0) is 16.0 Å². The van der Waals surface area contributed by atoms with Gasteiger partial charge in [0.2, 0.25) is 11.8 Å². The average Bonchev–Trinajstić information content (AvgIpc) is 3.31. The lowest BCUT2D eigenvalue weighted by atomic mass is 9.90. The molecule has 0 spiro atoms. The molecule has 3 atom stereocenters. The summed E-state index contributed by atoms with van der Waals surface area (Å²) < 4.78 is 11.1. The lowest BCUT2D eigenvalue weighted by Gasteiger charge is -2.17. The largest absolute Gasteiger partial charge is 0.376 e. The summed E-state index contributed by atoms with van der Waals surface area (Å²) in [6, 6.07) is 3.98. The standard InChI is InChI=1S/C17H19N3O3S/c1-11-18-16(23-19-11)7-12-10-22-15-9-20(8-14(12)15)17(21)5-4-13-3-2-6-24-13/h2-6,12,14-15H,7-10H2,1H3/b5-4+/t12-,14+,15+/m1/s1. The zero-order valence-electron chi connectivity index (χ0n) is 13.4. The van der Waals surface area contributed by atoms with Crippen molar-refractivity contribution in [3.05, 3.63) is 40.2 Å². The van der Waals surface area contributed by atoms with Crippen LogP contribution in [0.2, 0.25) is 0 Å². The first-order valence-corrected chi connectivity index (χ1v) is 8.98. The van der Waals surface area contributed by atoms with Gasteiger partial charge in [-0.25, -0.2) is 0 Å². The molecule has 0 bridgehead atoms. The van der Waals surface area contributed by atoms with E-state index in [4.69, 9.17) is 9.26 Å². The Kier molecular flexibility index (Phi) is 4.20. The van der Waals surface area contributed by atoms with Crippen LogP contribution in [0.3, 0.4) is 0 Å². The molecular weight excluding hydrogens is 326 g/mol. The van der Waals surface area contributed by atoms with E-state index >= 15 is 0 Å². The van der Waals surface area contributed by atoms with E-state index in [-0.39, 0.29) is 12.0 Å². The highest BCUT2D eigenvalue weighted by Crippen LogP contribution is 2.35. The van der Waals surface area contributed by atoms with E-state index in [0.717, 1.165) is 17.8 Å². The molecule has 0 unspecified atom stereocenters. The van der Waals surface area contributed by atoms with E-state index in [9.17, 15) is 4.79 Å². The number of carbonyl (C=O) groups is 1. The van der Waals surface area contributed by atoms with Gasteiger partial charge in [-0.15, -0.1) is 11.3 Å². The van der Waals surface area contributed by atoms with Gasteiger partial charge in [-0.1, -0.05) is 11.2 Å². The van der Waals surface area contributed by atoms with Crippen LogP contribution in [0, 0.1) is 18.8 Å². The Labute approximate surface area is 144 Å². The van der Waals surface area contributed by atoms with Crippen molar-refractivity contribution in [2.75, 3.05) is 19.7 Å². The predicted octanol–water partition coefficient (Wildman–Crippen LogP) is 2.17. The Balaban J connectivity index is 1.37. The minimum Gasteiger partial charge on any atom is -0.376 e. The predicted molar refractivity (Wildman–Crippen MR) is 89.4 cm³/mol. The third-order valence-corrected chi connectivity index (χ3v) is 5.53. The number of aromatic nitrogens is 2. The highest BCUT2D eigenvalue weighted by molar-refractivity contribution is 7.10. The lowest BCUT2D eigenvalue weighted by molar-refractivity contribution is -0.125. The molecule has 0 aliphatic carbocycles. The monoisotopic (exact) mass is 345 g/mol. The number of ether oxygens (including phenoxy) is 1. The molecule has 4 rings (SSSR count). The summed E-state index contributed by atoms with van der Waals surface area (Å²) in [6.07, 6.45) is 4.37. The van der Waals surface area contributed by atoms with E-state index in [1.807, 2.05) is 35.4 Å². The van der Waals surface area contributed by atoms with Crippen LogP contribution in [0.4, 0.5) is 0 Å². The smallest absolute Gasteiger partial charge is 0.246 e. The summed E-state index contributed by atoms with van der Waals surface area (Å²) in [6.45, 7) is 3.91. The molecule has 126 valence electrons. The van der Waals surface area contributed by atoms with Gasteiger partial charge in [-0.2, -0.15) is 4.98 Å². The van der Waals surface area contributed by atoms with Gasteiger partial charge in [0.05, 0.1) is 12.7 Å². The number of hydrogen-bond donors (Lipinski definition) is 0. The maximum atomic E-state index is 12.4. The van der Waals surface area contributed by atoms with Crippen LogP contribution in [-0.4, -0.2) is 46.7 Å². The van der Waals surface area contributed by atoms with Crippen molar-refractivity contribution >= 4 is 23.3 Å². The second-order valence-corrected chi connectivity index (χ2v) is 7.31. The van der Waals surface area contributed by atoms with Gasteiger partial charge in [-0.3, -0.25) is 4.79 Å². The van der Waals surface area contributed by atoms with Crippen molar-refractivity contribution in [2.45, 2.75) is 19.4 Å². The summed E-state index contributed by atoms with van der Waals surface area (Å²) >= 11 is 1.62. The van der Waals surface area contributed by atoms with Gasteiger partial charge in [0.1, 0.15) is 0 Å². The summed E-state index contributed by atoms with van der Waals surface area (Å²) in [5, 5.41) is 5.84. The molecule has 0 N–H and O–H groups in total. The third kappa shape index (κ3) is 3.14. The fourth-order valence-electron chi connectivity index (χ4n) is 3.48. The summed E-state index contributed by atoms with van der Waals surface area (Å²) in [5.41, 5.74) is 0. The van der Waals surface area contributed by atoms with Crippen LogP contribution in [0.1, 0.15) is 16.6 Å². The number of aryl methyl sites for hydroxylation is 1. The fourth-order valence-corrected chi connectivity index (χ4v) is 4.10. The number of nitrogens with zero attached hydrogens (tertiary/aromatic N) is 3. The third-order valence-electron chi connectivity index (χ3n) is 4.69. The molecule has 2 fully saturated rings. The maximum absolute atomic E-state index is 12.4. The Bertz CT molecular complexity index is 740. The van der Waals surface area contributed by atoms with Gasteiger partial charge in [-0.05, 0) is 30.4 Å². The van der Waals surface area contributed by atoms with Gasteiger partial charge in [0.25, 0.3) is 0 Å². The maximum Gasteiger partial charge on any atom is 0.246 e. The van der Waals surface area contributed by atoms with Gasteiger partial charge in [0.15, 0.2) is 5.82 Å². The van der Waals surface area contributed by atoms with Crippen LogP contribution in [0.25, 0.3) is 6.08 Å². The molecule has 0 saturated carbocycles. The number of hydrogen-bond acceptors (Lipinski definition) is 6. The van der Waals surface area contributed by atoms with Gasteiger partial charge < -0.3 is 14.2 Å². The number of rotatable bonds is 4. The molecular formula is C17H19N3O3S. The molecule has 4 heterocycles.